The second-order valence-corrected chi connectivity index (χ2v) is 7.66. The van der Waals surface area contributed by atoms with Crippen LogP contribution >= 0.6 is 0 Å². The van der Waals surface area contributed by atoms with Crippen LogP contribution in [0.4, 0.5) is 0 Å². The van der Waals surface area contributed by atoms with Crippen molar-refractivity contribution < 1.29 is 5.11 Å². The van der Waals surface area contributed by atoms with Gasteiger partial charge in [0, 0.05) is 16.4 Å². The Hall–Kier alpha value is -2.54. The number of hydrogen-bond acceptors (Lipinski definition) is 0. The largest absolute Gasteiger partial charge is 0.290 e. The van der Waals surface area contributed by atoms with Crippen molar-refractivity contribution in [2.75, 3.05) is 0 Å². The summed E-state index contributed by atoms with van der Waals surface area (Å²) in [6.45, 7) is 8.68. The van der Waals surface area contributed by atoms with Crippen LogP contribution in [0, 0.1) is 0 Å². The predicted molar refractivity (Wildman–Crippen MR) is 104 cm³/mol. The van der Waals surface area contributed by atoms with Gasteiger partial charge in [-0.25, -0.2) is 0 Å². The second-order valence-electron chi connectivity index (χ2n) is 7.66. The van der Waals surface area contributed by atoms with Gasteiger partial charge in [0.1, 0.15) is 0 Å². The van der Waals surface area contributed by atoms with E-state index < -0.39 is 0 Å². The molecule has 0 saturated heterocycles. The summed E-state index contributed by atoms with van der Waals surface area (Å²) in [6, 6.07) is 26.4. The Balaban J connectivity index is 2.23. The lowest BCUT2D eigenvalue weighted by atomic mass is 9.68. The van der Waals surface area contributed by atoms with Gasteiger partial charge in [0.15, 0.2) is 5.75 Å². The molecule has 0 spiro atoms. The van der Waals surface area contributed by atoms with Gasteiger partial charge in [0.2, 0.25) is 0 Å². The fourth-order valence-corrected chi connectivity index (χ4v) is 3.71. The van der Waals surface area contributed by atoms with Crippen LogP contribution in [0.3, 0.4) is 0 Å². The summed E-state index contributed by atoms with van der Waals surface area (Å²) in [5.41, 5.74) is 3.74. The molecule has 0 atom stereocenters. The Morgan fingerprint density at radius 2 is 1.04 bits per heavy atom. The van der Waals surface area contributed by atoms with E-state index in [-0.39, 0.29) is 16.6 Å². The van der Waals surface area contributed by atoms with Crippen molar-refractivity contribution in [2.24, 2.45) is 0 Å². The first kappa shape index (κ1) is 17.3. The van der Waals surface area contributed by atoms with E-state index in [9.17, 15) is 5.11 Å². The van der Waals surface area contributed by atoms with Gasteiger partial charge in [0.05, 0.1) is 0 Å². The van der Waals surface area contributed by atoms with Crippen LogP contribution in [0.25, 0.3) is 0 Å². The number of hydrogen-bond donors (Lipinski definition) is 0. The smallest absolute Gasteiger partial charge is 0.183 e. The lowest BCUT2D eigenvalue weighted by molar-refractivity contribution is 0.340. The average molecular weight is 329 g/mol. The Morgan fingerprint density at radius 3 is 1.56 bits per heavy atom. The van der Waals surface area contributed by atoms with Crippen molar-refractivity contribution in [1.82, 2.24) is 0 Å². The zero-order valence-electron chi connectivity index (χ0n) is 15.4. The molecule has 1 radical (unpaired) electrons. The van der Waals surface area contributed by atoms with Gasteiger partial charge in [-0.1, -0.05) is 100 Å². The maximum absolute atomic E-state index is 12.9. The van der Waals surface area contributed by atoms with E-state index in [0.29, 0.717) is 0 Å². The summed E-state index contributed by atoms with van der Waals surface area (Å²) in [6.07, 6.45) is 0. The molecule has 0 aromatic heterocycles. The van der Waals surface area contributed by atoms with E-state index >= 15 is 0 Å². The Kier molecular flexibility index (Phi) is 4.43. The first-order chi connectivity index (χ1) is 11.8. The standard InChI is InChI=1S/C24H25O/c1-23(2,18-12-7-5-8-13-18)20-16-11-17-21(25)22(20)24(3,4)19-14-9-6-10-15-19/h5-17H,1-4H3. The topological polar surface area (TPSA) is 19.9 Å². The zero-order valence-corrected chi connectivity index (χ0v) is 15.4. The maximum atomic E-state index is 12.9. The molecule has 0 unspecified atom stereocenters. The lowest BCUT2D eigenvalue weighted by Gasteiger charge is -2.35. The van der Waals surface area contributed by atoms with E-state index in [1.54, 1.807) is 6.07 Å². The summed E-state index contributed by atoms with van der Waals surface area (Å²) < 4.78 is 0. The molecule has 0 aliphatic rings. The van der Waals surface area contributed by atoms with Crippen LogP contribution in [0.15, 0.2) is 78.9 Å². The van der Waals surface area contributed by atoms with Gasteiger partial charge < -0.3 is 0 Å². The molecule has 1 heteroatoms. The second kappa shape index (κ2) is 6.40. The highest BCUT2D eigenvalue weighted by Gasteiger charge is 2.35. The van der Waals surface area contributed by atoms with Crippen molar-refractivity contribution in [1.29, 1.82) is 0 Å². The first-order valence-electron chi connectivity index (χ1n) is 8.77. The van der Waals surface area contributed by atoms with Crippen LogP contribution in [-0.4, -0.2) is 0 Å². The predicted octanol–water partition coefficient (Wildman–Crippen LogP) is 6.48. The molecule has 0 aliphatic carbocycles. The summed E-state index contributed by atoms with van der Waals surface area (Å²) in [5, 5.41) is 12.9. The van der Waals surface area contributed by atoms with E-state index in [0.717, 1.165) is 16.7 Å². The van der Waals surface area contributed by atoms with E-state index in [4.69, 9.17) is 0 Å². The first-order valence-corrected chi connectivity index (χ1v) is 8.77. The van der Waals surface area contributed by atoms with Crippen LogP contribution in [0.1, 0.15) is 49.9 Å². The molecule has 3 aromatic rings. The molecule has 3 aromatic carbocycles. The van der Waals surface area contributed by atoms with Crippen molar-refractivity contribution in [2.45, 2.75) is 38.5 Å². The Bertz CT molecular complexity index is 846. The molecule has 0 amide bonds. The van der Waals surface area contributed by atoms with Gasteiger partial charge in [-0.2, -0.15) is 0 Å². The summed E-state index contributed by atoms with van der Waals surface area (Å²) in [4.78, 5) is 0. The maximum Gasteiger partial charge on any atom is 0.183 e. The molecule has 0 N–H and O–H groups in total. The molecule has 0 saturated carbocycles. The van der Waals surface area contributed by atoms with Crippen LogP contribution in [-0.2, 0) is 15.9 Å². The monoisotopic (exact) mass is 329 g/mol. The number of rotatable bonds is 4. The fraction of sp³-hybridized carbons (Fsp3) is 0.250. The van der Waals surface area contributed by atoms with E-state index in [2.05, 4.69) is 70.2 Å². The summed E-state index contributed by atoms with van der Waals surface area (Å²) >= 11 is 0. The molecule has 0 bridgehead atoms. The molecule has 0 aliphatic heterocycles. The molecule has 3 rings (SSSR count). The van der Waals surface area contributed by atoms with Gasteiger partial charge in [-0.15, -0.1) is 0 Å². The molecule has 1 nitrogen and oxygen atoms in total. The summed E-state index contributed by atoms with van der Waals surface area (Å²) in [5.74, 6) is 0.107. The average Bonchev–Trinajstić information content (AvgIpc) is 2.63. The Labute approximate surface area is 151 Å². The normalized spacial score (nSPS) is 12.2. The van der Waals surface area contributed by atoms with Crippen LogP contribution < -0.4 is 0 Å². The van der Waals surface area contributed by atoms with Crippen molar-refractivity contribution >= 4 is 0 Å². The minimum atomic E-state index is -0.360. The molecular weight excluding hydrogens is 304 g/mol. The highest BCUT2D eigenvalue weighted by Crippen LogP contribution is 2.45. The van der Waals surface area contributed by atoms with Crippen molar-refractivity contribution in [3.8, 4) is 5.75 Å². The molecule has 127 valence electrons. The lowest BCUT2D eigenvalue weighted by Crippen LogP contribution is -2.28. The quantitative estimate of drug-likeness (QED) is 0.522. The zero-order chi connectivity index (χ0) is 18.1. The molecular formula is C24H25O. The number of benzene rings is 3. The van der Waals surface area contributed by atoms with Crippen LogP contribution in [0.5, 0.6) is 5.75 Å². The molecule has 25 heavy (non-hydrogen) atoms. The highest BCUT2D eigenvalue weighted by molar-refractivity contribution is 5.54. The molecule has 0 heterocycles. The van der Waals surface area contributed by atoms with Crippen molar-refractivity contribution in [3.63, 3.8) is 0 Å². The van der Waals surface area contributed by atoms with Crippen molar-refractivity contribution in [3.05, 3.63) is 101 Å². The Morgan fingerprint density at radius 1 is 0.560 bits per heavy atom. The fourth-order valence-electron chi connectivity index (χ4n) is 3.71. The van der Waals surface area contributed by atoms with Gasteiger partial charge in [0.25, 0.3) is 0 Å². The third kappa shape index (κ3) is 3.07. The third-order valence-electron chi connectivity index (χ3n) is 5.32. The van der Waals surface area contributed by atoms with E-state index in [1.165, 1.54) is 5.56 Å². The minimum absolute atomic E-state index is 0.107. The van der Waals surface area contributed by atoms with Crippen LogP contribution in [0.2, 0.25) is 0 Å². The third-order valence-corrected chi connectivity index (χ3v) is 5.32. The summed E-state index contributed by atoms with van der Waals surface area (Å²) in [7, 11) is 0. The van der Waals surface area contributed by atoms with E-state index in [1.807, 2.05) is 30.3 Å². The minimum Gasteiger partial charge on any atom is -0.290 e. The molecule has 0 fully saturated rings. The van der Waals surface area contributed by atoms with Gasteiger partial charge in [-0.3, -0.25) is 5.11 Å². The SMILES string of the molecule is CC(C)(c1ccccc1)c1cccc([O])c1C(C)(C)c1ccccc1. The van der Waals surface area contributed by atoms with Gasteiger partial charge in [-0.05, 0) is 22.8 Å². The van der Waals surface area contributed by atoms with Gasteiger partial charge >= 0.3 is 0 Å². The highest BCUT2D eigenvalue weighted by atomic mass is 16.3.